The van der Waals surface area contributed by atoms with Crippen LogP contribution in [-0.4, -0.2) is 35.7 Å². The van der Waals surface area contributed by atoms with E-state index in [4.69, 9.17) is 4.74 Å². The quantitative estimate of drug-likeness (QED) is 0.168. The van der Waals surface area contributed by atoms with Crippen LogP contribution in [0.1, 0.15) is 202 Å². The summed E-state index contributed by atoms with van der Waals surface area (Å²) >= 11 is 1.77. The van der Waals surface area contributed by atoms with Gasteiger partial charge in [0, 0.05) is 150 Å². The van der Waals surface area contributed by atoms with Gasteiger partial charge in [0.25, 0.3) is 0 Å². The van der Waals surface area contributed by atoms with E-state index < -0.39 is 0 Å². The smallest absolute Gasteiger partial charge is 0.211 e. The van der Waals surface area contributed by atoms with Crippen molar-refractivity contribution in [3.05, 3.63) is 441 Å². The first-order valence-corrected chi connectivity index (χ1v) is 43.4. The summed E-state index contributed by atoms with van der Waals surface area (Å²) in [5.74, 6) is 1.93. The third-order valence-electron chi connectivity index (χ3n) is 19.4. The number of para-hydroxylation sites is 3. The van der Waals surface area contributed by atoms with Crippen molar-refractivity contribution < 1.29 is 13.9 Å². The molecule has 22 rings (SSSR count). The molecule has 0 bridgehead atoms. The predicted octanol–water partition coefficient (Wildman–Crippen LogP) is 27.4. The van der Waals surface area contributed by atoms with Crippen LogP contribution in [0.4, 0.5) is 11.4 Å². The molecule has 604 valence electrons. The van der Waals surface area contributed by atoms with E-state index in [1.165, 1.54) is 99.7 Å². The number of benzene rings is 8. The highest BCUT2D eigenvalue weighted by Crippen LogP contribution is 2.40. The van der Waals surface area contributed by atoms with Crippen molar-refractivity contribution in [2.24, 2.45) is 0 Å². The second-order valence-corrected chi connectivity index (χ2v) is 27.4. The van der Waals surface area contributed by atoms with Crippen molar-refractivity contribution in [1.82, 2.24) is 29.9 Å². The van der Waals surface area contributed by atoms with Crippen LogP contribution in [0.15, 0.2) is 351 Å². The van der Waals surface area contributed by atoms with E-state index in [1.54, 1.807) is 18.0 Å². The molecule has 1 N–H and O–H groups in total. The zero-order valence-corrected chi connectivity index (χ0v) is 72.7. The molecule has 0 saturated carbocycles. The molecular weight excluding hydrogens is 1470 g/mol. The molecule has 6 aliphatic rings. The molecule has 0 spiro atoms. The second kappa shape index (κ2) is 48.6. The number of anilines is 2. The molecule has 0 amide bonds. The van der Waals surface area contributed by atoms with Crippen LogP contribution in [0.5, 0.6) is 11.5 Å². The van der Waals surface area contributed by atoms with Crippen LogP contribution >= 0.6 is 11.8 Å². The van der Waals surface area contributed by atoms with Crippen LogP contribution in [0.3, 0.4) is 0 Å². The van der Waals surface area contributed by atoms with Gasteiger partial charge in [0.2, 0.25) is 5.52 Å². The number of rotatable bonds is 2. The summed E-state index contributed by atoms with van der Waals surface area (Å²) in [6.45, 7) is 28.0. The standard InChI is InChI=1S/C17H11NO.C16H12N.C13H11N.C12H10N2.C12H9NO.C12H9NS.C12H11N.7C2H6/c19-17-13-7-3-1-5-11(13)10-16-14(17)9-12-6-2-4-8-15(12)18-16;1-2-7-15-12(5-1)9-13-11-17-8-4-3-6-14(17)10-16(13)15;1-2-4-11-8-13-9-14-6-5-12(13)7-10(11)3-1;1-2-4-11-9(3-1)7-10-8-13-6-5-12(10)14-11;1-2-5-11-9(4-1)8-10-12(14-11)6-3-7-13-10;1-2-6-11-9(4-1)8-10-5-3-7-13-12(10)14-11;1-2-6-11(7-3-1)10-12-8-4-5-9-13-12;7*1-2/h1-9H,10H2;1-8,10-11H,9H2;1-6,9H,7-8H2;1-6,8,14H,7H2;2*1-7H,8H2;1-9H,10H2;7*1-2H3/q;+1;;;;;;;;;;;;. The van der Waals surface area contributed by atoms with Crippen LogP contribution < -0.4 is 14.5 Å². The summed E-state index contributed by atoms with van der Waals surface area (Å²) in [6, 6.07) is 97.2. The molecule has 11 heteroatoms. The number of pyridine rings is 8. The lowest BCUT2D eigenvalue weighted by atomic mass is 9.87. The van der Waals surface area contributed by atoms with Crippen LogP contribution in [-0.2, 0) is 51.4 Å². The highest BCUT2D eigenvalue weighted by atomic mass is 32.2. The van der Waals surface area contributed by atoms with E-state index in [2.05, 4.69) is 216 Å². The maximum atomic E-state index is 12.5. The van der Waals surface area contributed by atoms with Gasteiger partial charge >= 0.3 is 0 Å². The highest BCUT2D eigenvalue weighted by Gasteiger charge is 2.26. The summed E-state index contributed by atoms with van der Waals surface area (Å²) in [4.78, 5) is 39.8. The summed E-state index contributed by atoms with van der Waals surface area (Å²) in [5.41, 5.74) is 29.5. The number of ketones is 1. The van der Waals surface area contributed by atoms with Crippen molar-refractivity contribution >= 4 is 45.3 Å². The Balaban J connectivity index is 0.000000155. The van der Waals surface area contributed by atoms with Gasteiger partial charge in [-0.1, -0.05) is 297 Å². The first-order valence-electron chi connectivity index (χ1n) is 42.5. The largest absolute Gasteiger partial charge is 0.455 e. The highest BCUT2D eigenvalue weighted by molar-refractivity contribution is 7.99. The van der Waals surface area contributed by atoms with Gasteiger partial charge in [0.1, 0.15) is 16.5 Å². The Hall–Kier alpha value is -12.8. The molecule has 0 radical (unpaired) electrons. The van der Waals surface area contributed by atoms with Gasteiger partial charge < -0.3 is 10.1 Å². The SMILES string of the molecule is CC.CC.CC.CC.CC.CC.CC.O=C1c2ccccc2Cc2nc3ccccc3cc21.c1ccc(Cc2ccccn2)cc1.c1ccc2c(c1)Cc1c[n+]3ccccc3cc1-2.c1ccc2c(c1)Cc1cccnc1S2.c1ccc2c(c1)Cc1ccncc1C2.c1ccc2c(c1)Cc1cnccc1N2.c1ccc2c(c1)Cc1ncccc1O2. The Morgan fingerprint density at radius 1 is 0.353 bits per heavy atom. The lowest BCUT2D eigenvalue weighted by Crippen LogP contribution is -2.20. The fraction of sp³-hybridized carbons (Fsp3) is 0.204. The monoisotopic (exact) mass is 1590 g/mol. The molecule has 8 aromatic heterocycles. The number of hydrogen-bond donors (Lipinski definition) is 1. The van der Waals surface area contributed by atoms with E-state index in [0.717, 1.165) is 113 Å². The van der Waals surface area contributed by atoms with Gasteiger partial charge in [-0.3, -0.25) is 29.7 Å². The van der Waals surface area contributed by atoms with Gasteiger partial charge in [-0.25, -0.2) is 4.98 Å². The van der Waals surface area contributed by atoms with Gasteiger partial charge in [-0.05, 0) is 164 Å². The average Bonchev–Trinajstić information content (AvgIpc) is 1.76. The molecule has 8 aromatic carbocycles. The number of carbonyl (C=O) groups excluding carboxylic acids is 1. The third-order valence-corrected chi connectivity index (χ3v) is 20.6. The first kappa shape index (κ1) is 90.1. The molecular formula is C108H115N8O2S+. The number of nitrogens with zero attached hydrogens (tertiary/aromatic N) is 7. The van der Waals surface area contributed by atoms with E-state index >= 15 is 0 Å². The van der Waals surface area contributed by atoms with E-state index in [-0.39, 0.29) is 5.78 Å². The van der Waals surface area contributed by atoms with E-state index in [9.17, 15) is 4.79 Å². The minimum atomic E-state index is 0.0927. The van der Waals surface area contributed by atoms with E-state index in [0.29, 0.717) is 0 Å². The summed E-state index contributed by atoms with van der Waals surface area (Å²) in [6.07, 6.45) is 25.2. The maximum absolute atomic E-state index is 12.5. The maximum Gasteiger partial charge on any atom is 0.211 e. The summed E-state index contributed by atoms with van der Waals surface area (Å²) < 4.78 is 7.91. The number of ether oxygens (including phenoxy) is 1. The molecule has 3 aliphatic carbocycles. The number of carbonyl (C=O) groups is 1. The molecule has 0 atom stereocenters. The zero-order chi connectivity index (χ0) is 84.5. The molecule has 0 fully saturated rings. The molecule has 119 heavy (non-hydrogen) atoms. The summed E-state index contributed by atoms with van der Waals surface area (Å²) in [5, 5.41) is 5.58. The Morgan fingerprint density at radius 2 is 0.874 bits per heavy atom. The van der Waals surface area contributed by atoms with Crippen LogP contribution in [0.2, 0.25) is 0 Å². The predicted molar refractivity (Wildman–Crippen MR) is 499 cm³/mol. The van der Waals surface area contributed by atoms with Gasteiger partial charge in [0.15, 0.2) is 18.2 Å². The molecule has 3 aliphatic heterocycles. The normalized spacial score (nSPS) is 11.4. The Morgan fingerprint density at radius 3 is 1.62 bits per heavy atom. The minimum Gasteiger partial charge on any atom is -0.455 e. The van der Waals surface area contributed by atoms with Crippen molar-refractivity contribution in [3.63, 3.8) is 0 Å². The Bertz CT molecular complexity index is 5040. The van der Waals surface area contributed by atoms with Gasteiger partial charge in [0.05, 0.1) is 16.9 Å². The zero-order valence-electron chi connectivity index (χ0n) is 71.8. The Labute approximate surface area is 712 Å². The van der Waals surface area contributed by atoms with Crippen LogP contribution in [0.25, 0.3) is 27.5 Å². The van der Waals surface area contributed by atoms with Gasteiger partial charge in [-0.15, -0.1) is 0 Å². The van der Waals surface area contributed by atoms with Crippen LogP contribution in [0, 0.1) is 0 Å². The van der Waals surface area contributed by atoms with Crippen molar-refractivity contribution in [2.45, 2.75) is 158 Å². The minimum absolute atomic E-state index is 0.0927. The average molecular weight is 1590 g/mol. The third kappa shape index (κ3) is 24.2. The van der Waals surface area contributed by atoms with Crippen molar-refractivity contribution in [2.75, 3.05) is 5.32 Å². The number of fused-ring (bicyclic) bond motifs is 15. The lowest BCUT2D eigenvalue weighted by molar-refractivity contribution is -0.512. The second-order valence-electron chi connectivity index (χ2n) is 26.3. The van der Waals surface area contributed by atoms with Gasteiger partial charge in [-0.2, -0.15) is 4.40 Å². The fourth-order valence-electron chi connectivity index (χ4n) is 14.1. The molecule has 10 nitrogen and oxygen atoms in total. The topological polar surface area (TPSA) is 120 Å². The molecule has 0 unspecified atom stereocenters. The fourth-order valence-corrected chi connectivity index (χ4v) is 15.1. The number of nitrogens with one attached hydrogen (secondary N) is 1. The van der Waals surface area contributed by atoms with Crippen molar-refractivity contribution in [3.8, 4) is 22.6 Å². The Kier molecular flexibility index (Phi) is 36.8. The summed E-state index contributed by atoms with van der Waals surface area (Å²) in [7, 11) is 0. The van der Waals surface area contributed by atoms with Crippen molar-refractivity contribution in [1.29, 1.82) is 0 Å². The van der Waals surface area contributed by atoms with E-state index in [1.807, 2.05) is 255 Å². The molecule has 16 aromatic rings. The molecule has 11 heterocycles. The number of aromatic nitrogens is 7. The number of hydrogen-bond acceptors (Lipinski definition) is 10. The molecule has 0 saturated heterocycles. The first-order chi connectivity index (χ1) is 58.9. The lowest BCUT2D eigenvalue weighted by Gasteiger charge is -2.20.